The van der Waals surface area contributed by atoms with Crippen LogP contribution >= 0.6 is 11.3 Å². The number of anilines is 1. The molecule has 33 heavy (non-hydrogen) atoms. The van der Waals surface area contributed by atoms with Crippen molar-refractivity contribution in [2.24, 2.45) is 0 Å². The number of thiazole rings is 1. The van der Waals surface area contributed by atoms with Crippen molar-refractivity contribution in [3.05, 3.63) is 101 Å². The number of aromatic nitrogens is 3. The number of hydrogen-bond donors (Lipinski definition) is 1. The average Bonchev–Trinajstić information content (AvgIpc) is 3.57. The van der Waals surface area contributed by atoms with Crippen molar-refractivity contribution >= 4 is 28.3 Å². The predicted molar refractivity (Wildman–Crippen MR) is 127 cm³/mol. The van der Waals surface area contributed by atoms with Gasteiger partial charge in [-0.1, -0.05) is 30.3 Å². The van der Waals surface area contributed by atoms with Gasteiger partial charge in [-0.05, 0) is 41.8 Å². The molecule has 166 valence electrons. The fourth-order valence-electron chi connectivity index (χ4n) is 4.12. The Balaban J connectivity index is 1.28. The van der Waals surface area contributed by atoms with Gasteiger partial charge >= 0.3 is 0 Å². The number of pyridine rings is 1. The van der Waals surface area contributed by atoms with E-state index in [1.807, 2.05) is 69.6 Å². The zero-order chi connectivity index (χ0) is 22.6. The molecule has 8 heteroatoms. The van der Waals surface area contributed by atoms with Gasteiger partial charge in [-0.25, -0.2) is 4.98 Å². The maximum Gasteiger partial charge on any atom is 0.274 e. The topological polar surface area (TPSA) is 80.1 Å². The Labute approximate surface area is 195 Å². The molecule has 2 amide bonds. The molecule has 0 radical (unpaired) electrons. The van der Waals surface area contributed by atoms with Gasteiger partial charge in [-0.2, -0.15) is 0 Å². The van der Waals surface area contributed by atoms with Crippen molar-refractivity contribution in [3.8, 4) is 0 Å². The fraction of sp³-hybridized carbons (Fsp3) is 0.200. The molecule has 5 rings (SSSR count). The minimum Gasteiger partial charge on any atom is -0.339 e. The van der Waals surface area contributed by atoms with E-state index in [-0.39, 0.29) is 17.9 Å². The fourth-order valence-corrected chi connectivity index (χ4v) is 4.87. The molecular weight excluding hydrogens is 434 g/mol. The van der Waals surface area contributed by atoms with Gasteiger partial charge in [0.1, 0.15) is 5.69 Å². The zero-order valence-electron chi connectivity index (χ0n) is 17.9. The number of nitrogens with one attached hydrogen (secondary N) is 1. The minimum absolute atomic E-state index is 0.0739. The van der Waals surface area contributed by atoms with E-state index in [1.54, 1.807) is 18.5 Å². The van der Waals surface area contributed by atoms with E-state index in [0.29, 0.717) is 30.3 Å². The number of carbonyl (C=O) groups is 2. The van der Waals surface area contributed by atoms with Gasteiger partial charge in [0.05, 0.1) is 11.7 Å². The molecule has 3 aromatic heterocycles. The molecule has 1 aliphatic heterocycles. The highest BCUT2D eigenvalue weighted by atomic mass is 32.1. The van der Waals surface area contributed by atoms with E-state index in [0.717, 1.165) is 23.2 Å². The maximum atomic E-state index is 12.9. The first-order valence-electron chi connectivity index (χ1n) is 10.8. The van der Waals surface area contributed by atoms with Gasteiger partial charge in [0, 0.05) is 43.5 Å². The second-order valence-electron chi connectivity index (χ2n) is 7.97. The third-order valence-corrected chi connectivity index (χ3v) is 6.55. The third kappa shape index (κ3) is 4.70. The molecule has 1 saturated heterocycles. The zero-order valence-corrected chi connectivity index (χ0v) is 18.7. The molecule has 4 aromatic rings. The van der Waals surface area contributed by atoms with Gasteiger partial charge in [-0.3, -0.25) is 19.9 Å². The number of nitrogens with zero attached hydrogens (tertiary/aromatic N) is 4. The SMILES string of the molecule is O=C(Nc1nc([C@@H]2CCC(=O)N2Cc2ccccc2)cs1)c1cccn1Cc1ccncc1. The van der Waals surface area contributed by atoms with Crippen molar-refractivity contribution in [1.29, 1.82) is 0 Å². The molecule has 0 aliphatic carbocycles. The molecule has 4 heterocycles. The number of benzene rings is 1. The smallest absolute Gasteiger partial charge is 0.274 e. The van der Waals surface area contributed by atoms with Crippen LogP contribution in [0.4, 0.5) is 5.13 Å². The van der Waals surface area contributed by atoms with Crippen molar-refractivity contribution in [3.63, 3.8) is 0 Å². The van der Waals surface area contributed by atoms with E-state index in [9.17, 15) is 9.59 Å². The lowest BCUT2D eigenvalue weighted by molar-refractivity contribution is -0.129. The standard InChI is InChI=1S/C25H23N5O2S/c31-23-9-8-21(30(23)16-18-5-2-1-3-6-18)20-17-33-25(27-20)28-24(32)22-7-4-14-29(22)15-19-10-12-26-13-11-19/h1-7,10-14,17,21H,8-9,15-16H2,(H,27,28,32)/t21-/m0/s1. The Morgan fingerprint density at radius 2 is 1.82 bits per heavy atom. The average molecular weight is 458 g/mol. The molecule has 1 fully saturated rings. The maximum absolute atomic E-state index is 12.9. The molecule has 0 unspecified atom stereocenters. The van der Waals surface area contributed by atoms with Crippen LogP contribution in [0.25, 0.3) is 0 Å². The summed E-state index contributed by atoms with van der Waals surface area (Å²) in [4.78, 5) is 36.0. The number of hydrogen-bond acceptors (Lipinski definition) is 5. The summed E-state index contributed by atoms with van der Waals surface area (Å²) in [5.41, 5.74) is 3.54. The van der Waals surface area contributed by atoms with Crippen molar-refractivity contribution in [1.82, 2.24) is 19.4 Å². The number of rotatable bonds is 7. The van der Waals surface area contributed by atoms with Gasteiger partial charge < -0.3 is 9.47 Å². The molecule has 1 N–H and O–H groups in total. The lowest BCUT2D eigenvalue weighted by atomic mass is 10.1. The lowest BCUT2D eigenvalue weighted by Crippen LogP contribution is -2.27. The van der Waals surface area contributed by atoms with Crippen molar-refractivity contribution < 1.29 is 9.59 Å². The summed E-state index contributed by atoms with van der Waals surface area (Å²) in [6.45, 7) is 1.14. The largest absolute Gasteiger partial charge is 0.339 e. The highest BCUT2D eigenvalue weighted by Gasteiger charge is 2.33. The van der Waals surface area contributed by atoms with E-state index < -0.39 is 0 Å². The molecule has 0 saturated carbocycles. The molecule has 1 aromatic carbocycles. The Bertz CT molecular complexity index is 1250. The first-order valence-corrected chi connectivity index (χ1v) is 11.7. The summed E-state index contributed by atoms with van der Waals surface area (Å²) in [5.74, 6) is -0.0741. The lowest BCUT2D eigenvalue weighted by Gasteiger charge is -2.23. The molecule has 7 nitrogen and oxygen atoms in total. The highest BCUT2D eigenvalue weighted by molar-refractivity contribution is 7.14. The van der Waals surface area contributed by atoms with Crippen LogP contribution in [0.3, 0.4) is 0 Å². The summed E-state index contributed by atoms with van der Waals surface area (Å²) in [6, 6.07) is 17.4. The van der Waals surface area contributed by atoms with Crippen LogP contribution < -0.4 is 5.32 Å². The quantitative estimate of drug-likeness (QED) is 0.443. The Morgan fingerprint density at radius 1 is 1.03 bits per heavy atom. The second-order valence-corrected chi connectivity index (χ2v) is 8.83. The second kappa shape index (κ2) is 9.38. The van der Waals surface area contributed by atoms with Crippen molar-refractivity contribution in [2.75, 3.05) is 5.32 Å². The third-order valence-electron chi connectivity index (χ3n) is 5.77. The summed E-state index contributed by atoms with van der Waals surface area (Å²) in [6.07, 6.45) is 6.61. The molecule has 1 atom stereocenters. The highest BCUT2D eigenvalue weighted by Crippen LogP contribution is 2.35. The Hall–Kier alpha value is -3.78. The van der Waals surface area contributed by atoms with E-state index in [4.69, 9.17) is 0 Å². The monoisotopic (exact) mass is 457 g/mol. The normalized spacial score (nSPS) is 15.7. The van der Waals surface area contributed by atoms with Crippen LogP contribution in [0.15, 0.2) is 78.6 Å². The van der Waals surface area contributed by atoms with E-state index >= 15 is 0 Å². The van der Waals surface area contributed by atoms with Crippen LogP contribution in [0.5, 0.6) is 0 Å². The van der Waals surface area contributed by atoms with Gasteiger partial charge in [0.15, 0.2) is 5.13 Å². The first-order chi connectivity index (χ1) is 16.2. The van der Waals surface area contributed by atoms with Crippen LogP contribution in [-0.4, -0.2) is 31.2 Å². The first kappa shape index (κ1) is 21.1. The summed E-state index contributed by atoms with van der Waals surface area (Å²) >= 11 is 1.38. The number of likely N-dealkylation sites (tertiary alicyclic amines) is 1. The molecule has 1 aliphatic rings. The van der Waals surface area contributed by atoms with Gasteiger partial charge in [0.25, 0.3) is 5.91 Å². The van der Waals surface area contributed by atoms with Crippen LogP contribution in [0.2, 0.25) is 0 Å². The predicted octanol–water partition coefficient (Wildman–Crippen LogP) is 4.50. The van der Waals surface area contributed by atoms with Crippen LogP contribution in [0.1, 0.15) is 46.2 Å². The van der Waals surface area contributed by atoms with Gasteiger partial charge in [0.2, 0.25) is 5.91 Å². The number of amides is 2. The van der Waals surface area contributed by atoms with Crippen LogP contribution in [-0.2, 0) is 17.9 Å². The van der Waals surface area contributed by atoms with E-state index in [1.165, 1.54) is 11.3 Å². The van der Waals surface area contributed by atoms with Crippen LogP contribution in [0, 0.1) is 0 Å². The summed E-state index contributed by atoms with van der Waals surface area (Å²) in [7, 11) is 0. The summed E-state index contributed by atoms with van der Waals surface area (Å²) < 4.78 is 1.90. The molecular formula is C25H23N5O2S. The molecule has 0 bridgehead atoms. The minimum atomic E-state index is -0.210. The summed E-state index contributed by atoms with van der Waals surface area (Å²) in [5, 5.41) is 5.39. The Morgan fingerprint density at radius 3 is 2.64 bits per heavy atom. The molecule has 0 spiro atoms. The van der Waals surface area contributed by atoms with Gasteiger partial charge in [-0.15, -0.1) is 11.3 Å². The van der Waals surface area contributed by atoms with E-state index in [2.05, 4.69) is 15.3 Å². The number of carbonyl (C=O) groups excluding carboxylic acids is 2. The van der Waals surface area contributed by atoms with Crippen molar-refractivity contribution in [2.45, 2.75) is 32.0 Å². The Kier molecular flexibility index (Phi) is 5.99.